The normalized spacial score (nSPS) is 11.0. The van der Waals surface area contributed by atoms with Gasteiger partial charge in [0.15, 0.2) is 0 Å². The Kier molecular flexibility index (Phi) is 6.17. The average Bonchev–Trinajstić information content (AvgIpc) is 3.27. The smallest absolute Gasteiger partial charge is 0.307 e. The fourth-order valence-electron chi connectivity index (χ4n) is 3.16. The highest BCUT2D eigenvalue weighted by atomic mass is 16.6. The molecule has 9 heteroatoms. The van der Waals surface area contributed by atoms with Crippen LogP contribution in [0.2, 0.25) is 0 Å². The van der Waals surface area contributed by atoms with E-state index in [-0.39, 0.29) is 12.2 Å². The molecule has 0 aliphatic carbocycles. The second kappa shape index (κ2) is 9.52. The maximum Gasteiger partial charge on any atom is 0.307 e. The van der Waals surface area contributed by atoms with Crippen LogP contribution in [-0.4, -0.2) is 26.8 Å². The number of benzene rings is 3. The summed E-state index contributed by atoms with van der Waals surface area (Å²) in [6.45, 7) is 0.244. The van der Waals surface area contributed by atoms with Crippen molar-refractivity contribution >= 4 is 28.6 Å². The number of fused-ring (bicyclic) bond motifs is 1. The summed E-state index contributed by atoms with van der Waals surface area (Å²) in [7, 11) is 0. The molecule has 0 radical (unpaired) electrons. The van der Waals surface area contributed by atoms with Crippen molar-refractivity contribution in [1.82, 2.24) is 15.2 Å². The lowest BCUT2D eigenvalue weighted by Crippen LogP contribution is -2.23. The monoisotopic (exact) mass is 429 g/mol. The van der Waals surface area contributed by atoms with Gasteiger partial charge in [0.1, 0.15) is 31.3 Å². The first-order valence-electron chi connectivity index (χ1n) is 9.77. The predicted molar refractivity (Wildman–Crippen MR) is 119 cm³/mol. The first-order valence-corrected chi connectivity index (χ1v) is 9.77. The Morgan fingerprint density at radius 3 is 2.81 bits per heavy atom. The number of nitro groups is 1. The van der Waals surface area contributed by atoms with Crippen LogP contribution in [0.4, 0.5) is 5.69 Å². The van der Waals surface area contributed by atoms with Crippen molar-refractivity contribution in [3.05, 3.63) is 100 Å². The molecule has 0 fully saturated rings. The van der Waals surface area contributed by atoms with Crippen molar-refractivity contribution in [2.75, 3.05) is 0 Å². The minimum Gasteiger partial charge on any atom is -0.489 e. The van der Waals surface area contributed by atoms with E-state index in [1.165, 1.54) is 17.1 Å². The summed E-state index contributed by atoms with van der Waals surface area (Å²) in [5.74, 6) is 0.222. The molecule has 1 heterocycles. The lowest BCUT2D eigenvalue weighted by Gasteiger charge is -2.09. The van der Waals surface area contributed by atoms with E-state index in [0.717, 1.165) is 28.1 Å². The zero-order valence-corrected chi connectivity index (χ0v) is 16.9. The molecule has 1 N–H and O–H groups in total. The van der Waals surface area contributed by atoms with Crippen LogP contribution in [0.15, 0.2) is 84.2 Å². The third-order valence-corrected chi connectivity index (χ3v) is 4.67. The van der Waals surface area contributed by atoms with Gasteiger partial charge < -0.3 is 4.74 Å². The summed E-state index contributed by atoms with van der Waals surface area (Å²) >= 11 is 0. The molecular weight excluding hydrogens is 410 g/mol. The first-order chi connectivity index (χ1) is 15.6. The van der Waals surface area contributed by atoms with Gasteiger partial charge in [-0.05, 0) is 34.0 Å². The van der Waals surface area contributed by atoms with Gasteiger partial charge >= 0.3 is 5.69 Å². The second-order valence-electron chi connectivity index (χ2n) is 6.95. The molecule has 9 nitrogen and oxygen atoms in total. The van der Waals surface area contributed by atoms with E-state index < -0.39 is 10.8 Å². The number of nitrogens with zero attached hydrogens (tertiary/aromatic N) is 4. The Bertz CT molecular complexity index is 1290. The number of aromatic nitrogens is 2. The lowest BCUT2D eigenvalue weighted by atomic mass is 10.1. The van der Waals surface area contributed by atoms with Gasteiger partial charge in [-0.15, -0.1) is 0 Å². The van der Waals surface area contributed by atoms with Crippen LogP contribution < -0.4 is 10.2 Å². The number of ether oxygens (including phenoxy) is 1. The molecule has 160 valence electrons. The van der Waals surface area contributed by atoms with E-state index in [1.807, 2.05) is 48.5 Å². The zero-order chi connectivity index (χ0) is 22.3. The SMILES string of the molecule is O=C(Cn1cc([N+](=O)[O-])cn1)N/N=C/c1cccc(OCc2cccc3ccccc23)c1. The molecule has 0 atom stereocenters. The third kappa shape index (κ3) is 5.14. The fourth-order valence-corrected chi connectivity index (χ4v) is 3.16. The molecule has 0 saturated heterocycles. The van der Waals surface area contributed by atoms with Crippen LogP contribution in [-0.2, 0) is 17.9 Å². The van der Waals surface area contributed by atoms with Gasteiger partial charge in [0.25, 0.3) is 5.91 Å². The molecule has 1 aromatic heterocycles. The van der Waals surface area contributed by atoms with E-state index in [9.17, 15) is 14.9 Å². The average molecular weight is 429 g/mol. The highest BCUT2D eigenvalue weighted by molar-refractivity contribution is 5.85. The molecule has 4 aromatic rings. The molecular formula is C23H19N5O4. The largest absolute Gasteiger partial charge is 0.489 e. The van der Waals surface area contributed by atoms with Crippen molar-refractivity contribution in [2.24, 2.45) is 5.10 Å². The van der Waals surface area contributed by atoms with Gasteiger partial charge in [-0.2, -0.15) is 10.2 Å². The Morgan fingerprint density at radius 2 is 1.97 bits per heavy atom. The van der Waals surface area contributed by atoms with Gasteiger partial charge in [-0.3, -0.25) is 19.6 Å². The molecule has 0 aliphatic heterocycles. The Labute approximate surface area is 183 Å². The molecule has 32 heavy (non-hydrogen) atoms. The number of carbonyl (C=O) groups is 1. The Balaban J connectivity index is 1.33. The zero-order valence-electron chi connectivity index (χ0n) is 16.9. The molecule has 0 spiro atoms. The van der Waals surface area contributed by atoms with Gasteiger partial charge in [-0.25, -0.2) is 5.43 Å². The number of hydrogen-bond acceptors (Lipinski definition) is 6. The van der Waals surface area contributed by atoms with Crippen molar-refractivity contribution in [3.63, 3.8) is 0 Å². The van der Waals surface area contributed by atoms with E-state index in [2.05, 4.69) is 33.8 Å². The molecule has 0 saturated carbocycles. The predicted octanol–water partition coefficient (Wildman–Crippen LogP) is 3.67. The van der Waals surface area contributed by atoms with E-state index in [1.54, 1.807) is 0 Å². The number of nitrogens with one attached hydrogen (secondary N) is 1. The summed E-state index contributed by atoms with van der Waals surface area (Å²) in [6, 6.07) is 21.6. The van der Waals surface area contributed by atoms with Crippen LogP contribution in [0.25, 0.3) is 10.8 Å². The maximum atomic E-state index is 11.9. The fraction of sp³-hybridized carbons (Fsp3) is 0.0870. The van der Waals surface area contributed by atoms with Crippen LogP contribution in [0.5, 0.6) is 5.75 Å². The van der Waals surface area contributed by atoms with Gasteiger partial charge in [0.05, 0.1) is 11.1 Å². The van der Waals surface area contributed by atoms with E-state index in [0.29, 0.717) is 12.4 Å². The summed E-state index contributed by atoms with van der Waals surface area (Å²) in [6.07, 6.45) is 3.76. The molecule has 0 bridgehead atoms. The minimum atomic E-state index is -0.575. The summed E-state index contributed by atoms with van der Waals surface area (Å²) < 4.78 is 7.12. The molecule has 3 aromatic carbocycles. The molecule has 0 aliphatic rings. The number of rotatable bonds is 8. The highest BCUT2D eigenvalue weighted by Crippen LogP contribution is 2.21. The molecule has 4 rings (SSSR count). The van der Waals surface area contributed by atoms with Crippen LogP contribution in [0.1, 0.15) is 11.1 Å². The van der Waals surface area contributed by atoms with Crippen LogP contribution in [0.3, 0.4) is 0 Å². The number of hydrogen-bond donors (Lipinski definition) is 1. The topological polar surface area (TPSA) is 112 Å². The standard InChI is InChI=1S/C23H19N5O4/c29-23(15-27-14-20(13-25-27)28(30)31)26-24-12-17-5-3-9-21(11-17)32-16-19-8-4-7-18-6-1-2-10-22(18)19/h1-14H,15-16H2,(H,26,29)/b24-12+. The number of hydrazone groups is 1. The quantitative estimate of drug-likeness (QED) is 0.261. The highest BCUT2D eigenvalue weighted by Gasteiger charge is 2.10. The van der Waals surface area contributed by atoms with Crippen molar-refractivity contribution < 1.29 is 14.5 Å². The first kappa shape index (κ1) is 20.7. The maximum absolute atomic E-state index is 11.9. The Morgan fingerprint density at radius 1 is 1.16 bits per heavy atom. The number of carbonyl (C=O) groups excluding carboxylic acids is 1. The van der Waals surface area contributed by atoms with Gasteiger partial charge in [0, 0.05) is 0 Å². The van der Waals surface area contributed by atoms with E-state index in [4.69, 9.17) is 4.74 Å². The number of amides is 1. The van der Waals surface area contributed by atoms with Crippen molar-refractivity contribution in [3.8, 4) is 5.75 Å². The van der Waals surface area contributed by atoms with Crippen LogP contribution in [0, 0.1) is 10.1 Å². The molecule has 1 amide bonds. The summed E-state index contributed by atoms with van der Waals surface area (Å²) in [4.78, 5) is 22.0. The summed E-state index contributed by atoms with van der Waals surface area (Å²) in [5.41, 5.74) is 4.03. The van der Waals surface area contributed by atoms with Gasteiger partial charge in [-0.1, -0.05) is 54.6 Å². The van der Waals surface area contributed by atoms with Gasteiger partial charge in [0.2, 0.25) is 0 Å². The van der Waals surface area contributed by atoms with Crippen molar-refractivity contribution in [2.45, 2.75) is 13.2 Å². The van der Waals surface area contributed by atoms with Crippen molar-refractivity contribution in [1.29, 1.82) is 0 Å². The molecule has 0 unspecified atom stereocenters. The third-order valence-electron chi connectivity index (χ3n) is 4.67. The minimum absolute atomic E-state index is 0.179. The Hall–Kier alpha value is -4.53. The summed E-state index contributed by atoms with van der Waals surface area (Å²) in [5, 5.41) is 20.7. The second-order valence-corrected chi connectivity index (χ2v) is 6.95. The van der Waals surface area contributed by atoms with Crippen LogP contribution >= 0.6 is 0 Å². The lowest BCUT2D eigenvalue weighted by molar-refractivity contribution is -0.385. The van der Waals surface area contributed by atoms with E-state index >= 15 is 0 Å².